The highest BCUT2D eigenvalue weighted by Crippen LogP contribution is 2.15. The van der Waals surface area contributed by atoms with Crippen molar-refractivity contribution in [2.45, 2.75) is 6.92 Å². The topological polar surface area (TPSA) is 41.1 Å². The normalized spacial score (nSPS) is 10.2. The molecule has 0 bridgehead atoms. The van der Waals surface area contributed by atoms with Gasteiger partial charge in [0.1, 0.15) is 5.82 Å². The first kappa shape index (κ1) is 14.3. The van der Waals surface area contributed by atoms with Crippen molar-refractivity contribution in [3.63, 3.8) is 0 Å². The lowest BCUT2D eigenvalue weighted by atomic mass is 10.2. The number of hydrogen-bond acceptors (Lipinski definition) is 2. The zero-order chi connectivity index (χ0) is 14.5. The Balaban J connectivity index is 1.90. The summed E-state index contributed by atoms with van der Waals surface area (Å²) in [7, 11) is 0. The molecule has 0 unspecified atom stereocenters. The molecule has 20 heavy (non-hydrogen) atoms. The van der Waals surface area contributed by atoms with Gasteiger partial charge in [0.25, 0.3) is 0 Å². The maximum Gasteiger partial charge on any atom is 0.243 e. The maximum absolute atomic E-state index is 13.3. The van der Waals surface area contributed by atoms with Crippen LogP contribution in [0, 0.1) is 12.7 Å². The fraction of sp³-hybridized carbons (Fsp3) is 0.133. The lowest BCUT2D eigenvalue weighted by molar-refractivity contribution is -0.114. The number of halogens is 2. The summed E-state index contributed by atoms with van der Waals surface area (Å²) < 4.78 is 13.3. The molecule has 0 aliphatic heterocycles. The Kier molecular flexibility index (Phi) is 4.58. The minimum atomic E-state index is -0.301. The van der Waals surface area contributed by atoms with E-state index < -0.39 is 0 Å². The van der Waals surface area contributed by atoms with Crippen LogP contribution in [-0.4, -0.2) is 12.5 Å². The zero-order valence-corrected chi connectivity index (χ0v) is 11.7. The molecule has 0 aliphatic rings. The van der Waals surface area contributed by atoms with Crippen molar-refractivity contribution >= 4 is 28.9 Å². The molecule has 2 N–H and O–H groups in total. The van der Waals surface area contributed by atoms with E-state index in [2.05, 4.69) is 10.6 Å². The van der Waals surface area contributed by atoms with Crippen LogP contribution in [-0.2, 0) is 4.79 Å². The van der Waals surface area contributed by atoms with Crippen LogP contribution in [0.3, 0.4) is 0 Å². The second-order valence-corrected chi connectivity index (χ2v) is 4.81. The molecule has 2 rings (SSSR count). The third kappa shape index (κ3) is 3.96. The number of nitrogens with one attached hydrogen (secondary N) is 2. The second kappa shape index (κ2) is 6.39. The van der Waals surface area contributed by atoms with Crippen LogP contribution in [0.5, 0.6) is 0 Å². The molecule has 0 aliphatic carbocycles. The van der Waals surface area contributed by atoms with Gasteiger partial charge in [-0.2, -0.15) is 0 Å². The van der Waals surface area contributed by atoms with Gasteiger partial charge in [-0.15, -0.1) is 0 Å². The van der Waals surface area contributed by atoms with Crippen LogP contribution in [0.25, 0.3) is 0 Å². The zero-order valence-electron chi connectivity index (χ0n) is 10.9. The van der Waals surface area contributed by atoms with E-state index in [-0.39, 0.29) is 18.3 Å². The lowest BCUT2D eigenvalue weighted by Crippen LogP contribution is -2.21. The average molecular weight is 293 g/mol. The summed E-state index contributed by atoms with van der Waals surface area (Å²) in [5, 5.41) is 6.11. The number of benzene rings is 2. The van der Waals surface area contributed by atoms with Crippen LogP contribution < -0.4 is 10.6 Å². The van der Waals surface area contributed by atoms with E-state index in [1.54, 1.807) is 43.3 Å². The van der Waals surface area contributed by atoms with Gasteiger partial charge in [-0.1, -0.05) is 23.7 Å². The number of rotatable bonds is 4. The van der Waals surface area contributed by atoms with Crippen LogP contribution in [0.15, 0.2) is 42.5 Å². The van der Waals surface area contributed by atoms with Crippen molar-refractivity contribution in [1.82, 2.24) is 0 Å². The van der Waals surface area contributed by atoms with Gasteiger partial charge in [0, 0.05) is 16.4 Å². The predicted molar refractivity (Wildman–Crippen MR) is 79.7 cm³/mol. The van der Waals surface area contributed by atoms with Crippen LogP contribution in [0.2, 0.25) is 5.02 Å². The molecule has 1 amide bonds. The van der Waals surface area contributed by atoms with Crippen LogP contribution >= 0.6 is 11.6 Å². The van der Waals surface area contributed by atoms with Gasteiger partial charge in [-0.3, -0.25) is 4.79 Å². The molecule has 0 atom stereocenters. The molecule has 0 spiro atoms. The Labute approximate surface area is 121 Å². The van der Waals surface area contributed by atoms with Gasteiger partial charge in [-0.25, -0.2) is 4.39 Å². The lowest BCUT2D eigenvalue weighted by Gasteiger charge is -2.08. The molecular weight excluding hydrogens is 279 g/mol. The molecule has 3 nitrogen and oxygen atoms in total. The number of aryl methyl sites for hydroxylation is 1. The van der Waals surface area contributed by atoms with E-state index >= 15 is 0 Å². The highest BCUT2D eigenvalue weighted by atomic mass is 35.5. The Hall–Kier alpha value is -2.07. The largest absolute Gasteiger partial charge is 0.376 e. The average Bonchev–Trinajstić information content (AvgIpc) is 2.40. The Bertz CT molecular complexity index is 631. The molecule has 0 saturated carbocycles. The Morgan fingerprint density at radius 2 is 2.00 bits per heavy atom. The molecule has 5 heteroatoms. The quantitative estimate of drug-likeness (QED) is 0.899. The molecule has 0 heterocycles. The van der Waals surface area contributed by atoms with Gasteiger partial charge in [-0.05, 0) is 42.8 Å². The van der Waals surface area contributed by atoms with Gasteiger partial charge < -0.3 is 10.6 Å². The van der Waals surface area contributed by atoms with E-state index in [4.69, 9.17) is 11.6 Å². The van der Waals surface area contributed by atoms with E-state index in [1.807, 2.05) is 0 Å². The van der Waals surface area contributed by atoms with E-state index in [9.17, 15) is 9.18 Å². The van der Waals surface area contributed by atoms with E-state index in [0.29, 0.717) is 22.0 Å². The molecule has 2 aromatic rings. The molecule has 2 aromatic carbocycles. The standard InChI is InChI=1S/C15H14ClFN2O/c1-10-5-6-12(8-14(10)17)18-9-15(20)19-13-4-2-3-11(16)7-13/h2-8,18H,9H2,1H3,(H,19,20). The molecule has 104 valence electrons. The fourth-order valence-electron chi connectivity index (χ4n) is 1.66. The SMILES string of the molecule is Cc1ccc(NCC(=O)Nc2cccc(Cl)c2)cc1F. The number of hydrogen-bond donors (Lipinski definition) is 2. The Morgan fingerprint density at radius 1 is 1.20 bits per heavy atom. The molecular formula is C15H14ClFN2O. The molecule has 0 saturated heterocycles. The third-order valence-corrected chi connectivity index (χ3v) is 2.97. The van der Waals surface area contributed by atoms with E-state index in [1.165, 1.54) is 6.07 Å². The molecule has 0 radical (unpaired) electrons. The Morgan fingerprint density at radius 3 is 2.70 bits per heavy atom. The van der Waals surface area contributed by atoms with Gasteiger partial charge >= 0.3 is 0 Å². The van der Waals surface area contributed by atoms with Crippen molar-refractivity contribution < 1.29 is 9.18 Å². The number of carbonyl (C=O) groups is 1. The highest BCUT2D eigenvalue weighted by Gasteiger charge is 2.04. The first-order valence-electron chi connectivity index (χ1n) is 6.10. The summed E-state index contributed by atoms with van der Waals surface area (Å²) in [6.07, 6.45) is 0. The summed E-state index contributed by atoms with van der Waals surface area (Å²) in [5.41, 5.74) is 1.76. The number of carbonyl (C=O) groups excluding carboxylic acids is 1. The summed E-state index contributed by atoms with van der Waals surface area (Å²) in [6.45, 7) is 1.74. The summed E-state index contributed by atoms with van der Waals surface area (Å²) in [5.74, 6) is -0.529. The molecule has 0 fully saturated rings. The van der Waals surface area contributed by atoms with Crippen LogP contribution in [0.1, 0.15) is 5.56 Å². The fourth-order valence-corrected chi connectivity index (χ4v) is 1.85. The summed E-state index contributed by atoms with van der Waals surface area (Å²) >= 11 is 5.82. The highest BCUT2D eigenvalue weighted by molar-refractivity contribution is 6.30. The maximum atomic E-state index is 13.3. The predicted octanol–water partition coefficient (Wildman–Crippen LogP) is 3.84. The number of anilines is 2. The summed E-state index contributed by atoms with van der Waals surface area (Å²) in [6, 6.07) is 11.6. The summed E-state index contributed by atoms with van der Waals surface area (Å²) in [4.78, 5) is 11.7. The van der Waals surface area contributed by atoms with Crippen molar-refractivity contribution in [3.8, 4) is 0 Å². The van der Waals surface area contributed by atoms with Crippen LogP contribution in [0.4, 0.5) is 15.8 Å². The molecule has 0 aromatic heterocycles. The first-order chi connectivity index (χ1) is 9.54. The number of amides is 1. The van der Waals surface area contributed by atoms with Crippen molar-refractivity contribution in [2.75, 3.05) is 17.2 Å². The van der Waals surface area contributed by atoms with E-state index in [0.717, 1.165) is 0 Å². The minimum absolute atomic E-state index is 0.0506. The van der Waals surface area contributed by atoms with Gasteiger partial charge in [0.2, 0.25) is 5.91 Å². The first-order valence-corrected chi connectivity index (χ1v) is 6.48. The second-order valence-electron chi connectivity index (χ2n) is 4.38. The monoisotopic (exact) mass is 292 g/mol. The minimum Gasteiger partial charge on any atom is -0.376 e. The van der Waals surface area contributed by atoms with Gasteiger partial charge in [0.05, 0.1) is 6.54 Å². The van der Waals surface area contributed by atoms with Gasteiger partial charge in [0.15, 0.2) is 0 Å². The van der Waals surface area contributed by atoms with Crippen molar-refractivity contribution in [2.24, 2.45) is 0 Å². The third-order valence-electron chi connectivity index (χ3n) is 2.73. The van der Waals surface area contributed by atoms with Crippen molar-refractivity contribution in [1.29, 1.82) is 0 Å². The smallest absolute Gasteiger partial charge is 0.243 e. The van der Waals surface area contributed by atoms with Crippen molar-refractivity contribution in [3.05, 3.63) is 58.9 Å².